The highest BCUT2D eigenvalue weighted by Gasteiger charge is 2.17. The summed E-state index contributed by atoms with van der Waals surface area (Å²) in [4.78, 5) is 0. The Morgan fingerprint density at radius 2 is 2.00 bits per heavy atom. The van der Waals surface area contributed by atoms with Crippen LogP contribution in [0.3, 0.4) is 0 Å². The van der Waals surface area contributed by atoms with Crippen LogP contribution in [0, 0.1) is 5.41 Å². The van der Waals surface area contributed by atoms with Gasteiger partial charge in [-0.05, 0) is 39.3 Å². The summed E-state index contributed by atoms with van der Waals surface area (Å²) in [5.41, 5.74) is -0.204. The summed E-state index contributed by atoms with van der Waals surface area (Å²) in [5.74, 6) is 1.17. The number of alkyl halides is 1. The van der Waals surface area contributed by atoms with Gasteiger partial charge < -0.3 is 14.9 Å². The summed E-state index contributed by atoms with van der Waals surface area (Å²) in [7, 11) is 0. The van der Waals surface area contributed by atoms with Gasteiger partial charge in [-0.2, -0.15) is 0 Å². The van der Waals surface area contributed by atoms with Crippen LogP contribution in [-0.4, -0.2) is 24.6 Å². The molecule has 0 saturated heterocycles. The third kappa shape index (κ3) is 5.28. The van der Waals surface area contributed by atoms with Crippen LogP contribution >= 0.6 is 0 Å². The van der Waals surface area contributed by atoms with Crippen LogP contribution in [0.1, 0.15) is 39.7 Å². The van der Waals surface area contributed by atoms with E-state index in [0.29, 0.717) is 23.8 Å². The Morgan fingerprint density at radius 1 is 1.32 bits per heavy atom. The van der Waals surface area contributed by atoms with Crippen LogP contribution in [-0.2, 0) is 0 Å². The molecule has 1 N–H and O–H groups in total. The molecule has 0 amide bonds. The van der Waals surface area contributed by atoms with Gasteiger partial charge in [-0.25, -0.2) is 4.39 Å². The average molecular weight is 267 g/mol. The monoisotopic (exact) mass is 267 g/mol. The molecule has 1 aromatic rings. The van der Waals surface area contributed by atoms with E-state index in [1.807, 2.05) is 6.92 Å². The van der Waals surface area contributed by atoms with Crippen LogP contribution in [0.4, 0.5) is 4.39 Å². The number of hydrogen-bond acceptors (Lipinski definition) is 3. The molecule has 0 fully saturated rings. The number of halogens is 1. The standard InChI is InChI=1S/C15H22FNO2/c1-5-8-18-14-9-12(19-10-15(3,4)16)6-7-13(14)11(2)17/h6-7,9,17H,5,8,10H2,1-4H3. The highest BCUT2D eigenvalue weighted by molar-refractivity contribution is 5.99. The number of nitrogens with one attached hydrogen (secondary N) is 1. The molecule has 19 heavy (non-hydrogen) atoms. The van der Waals surface area contributed by atoms with Crippen molar-refractivity contribution in [3.8, 4) is 11.5 Å². The lowest BCUT2D eigenvalue weighted by Gasteiger charge is -2.17. The topological polar surface area (TPSA) is 42.3 Å². The molecule has 0 saturated carbocycles. The summed E-state index contributed by atoms with van der Waals surface area (Å²) in [6.07, 6.45) is 0.888. The van der Waals surface area contributed by atoms with Gasteiger partial charge in [0.05, 0.1) is 6.61 Å². The molecule has 0 radical (unpaired) electrons. The first-order valence-electron chi connectivity index (χ1n) is 6.47. The minimum absolute atomic E-state index is 0.0108. The van der Waals surface area contributed by atoms with Crippen LogP contribution in [0.15, 0.2) is 18.2 Å². The molecule has 0 spiro atoms. The molecule has 0 aromatic heterocycles. The highest BCUT2D eigenvalue weighted by atomic mass is 19.1. The van der Waals surface area contributed by atoms with E-state index in [4.69, 9.17) is 14.9 Å². The van der Waals surface area contributed by atoms with Crippen molar-refractivity contribution in [1.82, 2.24) is 0 Å². The fourth-order valence-electron chi connectivity index (χ4n) is 1.49. The minimum atomic E-state index is -1.37. The van der Waals surface area contributed by atoms with Gasteiger partial charge in [0, 0.05) is 17.3 Å². The number of benzene rings is 1. The molecule has 0 atom stereocenters. The van der Waals surface area contributed by atoms with E-state index in [-0.39, 0.29) is 6.61 Å². The smallest absolute Gasteiger partial charge is 0.139 e. The fraction of sp³-hybridized carbons (Fsp3) is 0.533. The van der Waals surface area contributed by atoms with E-state index < -0.39 is 5.67 Å². The van der Waals surface area contributed by atoms with Crippen molar-refractivity contribution in [2.24, 2.45) is 0 Å². The third-order valence-electron chi connectivity index (χ3n) is 2.40. The molecule has 0 heterocycles. The van der Waals surface area contributed by atoms with E-state index in [2.05, 4.69) is 0 Å². The minimum Gasteiger partial charge on any atom is -0.493 e. The molecule has 0 aliphatic carbocycles. The summed E-state index contributed by atoms with van der Waals surface area (Å²) in [6, 6.07) is 5.22. The van der Waals surface area contributed by atoms with Gasteiger partial charge in [-0.1, -0.05) is 6.92 Å². The van der Waals surface area contributed by atoms with Crippen LogP contribution < -0.4 is 9.47 Å². The van der Waals surface area contributed by atoms with E-state index in [1.54, 1.807) is 25.1 Å². The fourth-order valence-corrected chi connectivity index (χ4v) is 1.49. The van der Waals surface area contributed by atoms with E-state index >= 15 is 0 Å². The van der Waals surface area contributed by atoms with Gasteiger partial charge in [0.1, 0.15) is 23.8 Å². The highest BCUT2D eigenvalue weighted by Crippen LogP contribution is 2.26. The van der Waals surface area contributed by atoms with E-state index in [9.17, 15) is 4.39 Å². The Balaban J connectivity index is 2.88. The first-order chi connectivity index (χ1) is 8.83. The van der Waals surface area contributed by atoms with Crippen molar-refractivity contribution in [1.29, 1.82) is 5.41 Å². The lowest BCUT2D eigenvalue weighted by Crippen LogP contribution is -2.22. The molecule has 0 aliphatic rings. The van der Waals surface area contributed by atoms with Crippen LogP contribution in [0.2, 0.25) is 0 Å². The maximum Gasteiger partial charge on any atom is 0.139 e. The Bertz CT molecular complexity index is 438. The van der Waals surface area contributed by atoms with Crippen molar-refractivity contribution >= 4 is 5.71 Å². The van der Waals surface area contributed by atoms with Crippen LogP contribution in [0.25, 0.3) is 0 Å². The summed E-state index contributed by atoms with van der Waals surface area (Å²) in [5, 5.41) is 7.70. The summed E-state index contributed by atoms with van der Waals surface area (Å²) < 4.78 is 24.4. The summed E-state index contributed by atoms with van der Waals surface area (Å²) in [6.45, 7) is 7.24. The molecule has 3 nitrogen and oxygen atoms in total. The van der Waals surface area contributed by atoms with E-state index in [0.717, 1.165) is 12.0 Å². The van der Waals surface area contributed by atoms with Crippen molar-refractivity contribution in [2.75, 3.05) is 13.2 Å². The SMILES string of the molecule is CCCOc1cc(OCC(C)(C)F)ccc1C(C)=N. The lowest BCUT2D eigenvalue weighted by atomic mass is 10.1. The Hall–Kier alpha value is -1.58. The molecule has 0 bridgehead atoms. The predicted octanol–water partition coefficient (Wildman–Crippen LogP) is 3.99. The molecule has 0 unspecified atom stereocenters. The van der Waals surface area contributed by atoms with Gasteiger partial charge >= 0.3 is 0 Å². The molecule has 4 heteroatoms. The number of hydrogen-bond donors (Lipinski definition) is 1. The van der Waals surface area contributed by atoms with E-state index in [1.165, 1.54) is 13.8 Å². The van der Waals surface area contributed by atoms with Crippen LogP contribution in [0.5, 0.6) is 11.5 Å². The van der Waals surface area contributed by atoms with Crippen molar-refractivity contribution in [3.63, 3.8) is 0 Å². The second-order valence-corrected chi connectivity index (χ2v) is 5.14. The molecule has 1 rings (SSSR count). The summed E-state index contributed by atoms with van der Waals surface area (Å²) >= 11 is 0. The molecule has 1 aromatic carbocycles. The van der Waals surface area contributed by atoms with Gasteiger partial charge in [-0.15, -0.1) is 0 Å². The Labute approximate surface area is 114 Å². The van der Waals surface area contributed by atoms with Crippen molar-refractivity contribution < 1.29 is 13.9 Å². The quantitative estimate of drug-likeness (QED) is 0.759. The second-order valence-electron chi connectivity index (χ2n) is 5.14. The van der Waals surface area contributed by atoms with Gasteiger partial charge in [-0.3, -0.25) is 0 Å². The average Bonchev–Trinajstić information content (AvgIpc) is 2.32. The zero-order valence-corrected chi connectivity index (χ0v) is 12.0. The number of rotatable bonds is 7. The maximum atomic E-state index is 13.4. The second kappa shape index (κ2) is 6.55. The van der Waals surface area contributed by atoms with Gasteiger partial charge in [0.25, 0.3) is 0 Å². The first kappa shape index (κ1) is 15.5. The zero-order chi connectivity index (χ0) is 14.5. The molecular formula is C15H22FNO2. The molecule has 106 valence electrons. The van der Waals surface area contributed by atoms with Gasteiger partial charge in [0.15, 0.2) is 0 Å². The predicted molar refractivity (Wildman–Crippen MR) is 75.4 cm³/mol. The Morgan fingerprint density at radius 3 is 2.53 bits per heavy atom. The molecular weight excluding hydrogens is 245 g/mol. The number of ether oxygens (including phenoxy) is 2. The van der Waals surface area contributed by atoms with Gasteiger partial charge in [0.2, 0.25) is 0 Å². The molecule has 0 aliphatic heterocycles. The lowest BCUT2D eigenvalue weighted by molar-refractivity contribution is 0.120. The first-order valence-corrected chi connectivity index (χ1v) is 6.47. The van der Waals surface area contributed by atoms with Crippen molar-refractivity contribution in [2.45, 2.75) is 39.8 Å². The largest absolute Gasteiger partial charge is 0.493 e. The zero-order valence-electron chi connectivity index (χ0n) is 12.0. The van der Waals surface area contributed by atoms with Crippen molar-refractivity contribution in [3.05, 3.63) is 23.8 Å². The Kier molecular flexibility index (Phi) is 5.33. The third-order valence-corrected chi connectivity index (χ3v) is 2.40. The normalized spacial score (nSPS) is 11.2. The maximum absolute atomic E-state index is 13.4.